The van der Waals surface area contributed by atoms with Gasteiger partial charge in [-0.05, 0) is 38.1 Å². The van der Waals surface area contributed by atoms with Crippen LogP contribution in [-0.4, -0.2) is 29.3 Å². The summed E-state index contributed by atoms with van der Waals surface area (Å²) in [4.78, 5) is 4.28. The highest BCUT2D eigenvalue weighted by atomic mass is 16.5. The lowest BCUT2D eigenvalue weighted by atomic mass is 10.2. The first-order chi connectivity index (χ1) is 10.1. The molecule has 0 amide bonds. The van der Waals surface area contributed by atoms with Crippen molar-refractivity contribution in [1.29, 1.82) is 0 Å². The number of aromatic nitrogens is 1. The minimum Gasteiger partial charge on any atom is -0.491 e. The Bertz CT molecular complexity index is 528. The molecule has 2 N–H and O–H groups in total. The van der Waals surface area contributed by atoms with E-state index in [1.165, 1.54) is 5.56 Å². The summed E-state index contributed by atoms with van der Waals surface area (Å²) in [6.07, 6.45) is 1.21. The summed E-state index contributed by atoms with van der Waals surface area (Å²) in [5.74, 6) is 0.775. The van der Waals surface area contributed by atoms with Crippen LogP contribution in [0, 0.1) is 6.92 Å². The molecular formula is C17H22N2O2. The second-order valence-electron chi connectivity index (χ2n) is 5.16. The first kappa shape index (κ1) is 15.5. The molecule has 1 aromatic heterocycles. The quantitative estimate of drug-likeness (QED) is 0.821. The third kappa shape index (κ3) is 5.17. The molecule has 1 heterocycles. The van der Waals surface area contributed by atoms with Gasteiger partial charge in [-0.25, -0.2) is 0 Å². The minimum atomic E-state index is -0.558. The fraction of sp³-hybridized carbons (Fsp3) is 0.353. The number of hydrogen-bond donors (Lipinski definition) is 2. The van der Waals surface area contributed by atoms with Gasteiger partial charge < -0.3 is 15.2 Å². The third-order valence-electron chi connectivity index (χ3n) is 3.25. The Morgan fingerprint density at radius 3 is 2.62 bits per heavy atom. The number of nitrogens with one attached hydrogen (secondary N) is 1. The van der Waals surface area contributed by atoms with E-state index in [0.717, 1.165) is 11.4 Å². The van der Waals surface area contributed by atoms with Crippen LogP contribution in [0.15, 0.2) is 48.7 Å². The molecule has 4 heteroatoms. The van der Waals surface area contributed by atoms with Crippen molar-refractivity contribution in [2.45, 2.75) is 26.0 Å². The average molecular weight is 286 g/mol. The van der Waals surface area contributed by atoms with Gasteiger partial charge in [-0.2, -0.15) is 0 Å². The van der Waals surface area contributed by atoms with Crippen LogP contribution in [0.3, 0.4) is 0 Å². The summed E-state index contributed by atoms with van der Waals surface area (Å²) in [5.41, 5.74) is 2.15. The Hall–Kier alpha value is -1.91. The number of benzene rings is 1. The van der Waals surface area contributed by atoms with Gasteiger partial charge in [0.2, 0.25) is 0 Å². The third-order valence-corrected chi connectivity index (χ3v) is 3.25. The molecule has 4 nitrogen and oxygen atoms in total. The van der Waals surface area contributed by atoms with Crippen molar-refractivity contribution in [3.63, 3.8) is 0 Å². The average Bonchev–Trinajstić information content (AvgIpc) is 2.53. The highest BCUT2D eigenvalue weighted by Gasteiger charge is 2.10. The van der Waals surface area contributed by atoms with Crippen LogP contribution in [-0.2, 0) is 0 Å². The van der Waals surface area contributed by atoms with Crippen molar-refractivity contribution in [3.8, 4) is 5.75 Å². The number of nitrogens with zero attached hydrogens (tertiary/aromatic N) is 1. The molecule has 0 saturated heterocycles. The van der Waals surface area contributed by atoms with Gasteiger partial charge in [0, 0.05) is 18.8 Å². The second-order valence-corrected chi connectivity index (χ2v) is 5.16. The molecule has 2 atom stereocenters. The van der Waals surface area contributed by atoms with Gasteiger partial charge in [0.1, 0.15) is 18.5 Å². The molecule has 0 aliphatic heterocycles. The van der Waals surface area contributed by atoms with Gasteiger partial charge in [0.05, 0.1) is 5.69 Å². The SMILES string of the molecule is Cc1ccc(OCC(O)CNC(C)c2ccccn2)cc1. The lowest BCUT2D eigenvalue weighted by Crippen LogP contribution is -2.33. The Kier molecular flexibility index (Phi) is 5.72. The molecule has 0 radical (unpaired) electrons. The molecule has 21 heavy (non-hydrogen) atoms. The fourth-order valence-electron chi connectivity index (χ4n) is 1.94. The highest BCUT2D eigenvalue weighted by molar-refractivity contribution is 5.26. The van der Waals surface area contributed by atoms with Crippen LogP contribution in [0.4, 0.5) is 0 Å². The first-order valence-electron chi connectivity index (χ1n) is 7.17. The Balaban J connectivity index is 1.72. The summed E-state index contributed by atoms with van der Waals surface area (Å²) in [7, 11) is 0. The maximum absolute atomic E-state index is 9.95. The summed E-state index contributed by atoms with van der Waals surface area (Å²) < 4.78 is 5.56. The number of pyridine rings is 1. The van der Waals surface area contributed by atoms with Gasteiger partial charge >= 0.3 is 0 Å². The van der Waals surface area contributed by atoms with E-state index >= 15 is 0 Å². The van der Waals surface area contributed by atoms with Gasteiger partial charge in [-0.15, -0.1) is 0 Å². The molecule has 2 rings (SSSR count). The van der Waals surface area contributed by atoms with E-state index in [1.54, 1.807) is 6.20 Å². The summed E-state index contributed by atoms with van der Waals surface area (Å²) in [6, 6.07) is 13.7. The van der Waals surface area contributed by atoms with Crippen LogP contribution in [0.5, 0.6) is 5.75 Å². The van der Waals surface area contributed by atoms with Gasteiger partial charge in [-0.1, -0.05) is 23.8 Å². The van der Waals surface area contributed by atoms with Crippen LogP contribution < -0.4 is 10.1 Å². The van der Waals surface area contributed by atoms with E-state index in [0.29, 0.717) is 6.54 Å². The van der Waals surface area contributed by atoms with Crippen LogP contribution >= 0.6 is 0 Å². The Morgan fingerprint density at radius 1 is 1.19 bits per heavy atom. The number of rotatable bonds is 7. The predicted octanol–water partition coefficient (Wildman–Crippen LogP) is 2.48. The van der Waals surface area contributed by atoms with Crippen molar-refractivity contribution in [2.24, 2.45) is 0 Å². The zero-order valence-electron chi connectivity index (χ0n) is 12.5. The number of aliphatic hydroxyl groups excluding tert-OH is 1. The fourth-order valence-corrected chi connectivity index (χ4v) is 1.94. The van der Waals surface area contributed by atoms with E-state index < -0.39 is 6.10 Å². The van der Waals surface area contributed by atoms with Crippen molar-refractivity contribution in [2.75, 3.05) is 13.2 Å². The second kappa shape index (κ2) is 7.76. The number of ether oxygens (including phenoxy) is 1. The molecule has 112 valence electrons. The van der Waals surface area contributed by atoms with Crippen molar-refractivity contribution >= 4 is 0 Å². The number of aliphatic hydroxyl groups is 1. The maximum atomic E-state index is 9.95. The van der Waals surface area contributed by atoms with E-state index in [9.17, 15) is 5.11 Å². The molecule has 0 aliphatic rings. The maximum Gasteiger partial charge on any atom is 0.119 e. The molecule has 0 fully saturated rings. The van der Waals surface area contributed by atoms with Crippen molar-refractivity contribution in [3.05, 3.63) is 59.9 Å². The zero-order valence-corrected chi connectivity index (χ0v) is 12.5. The van der Waals surface area contributed by atoms with E-state index in [2.05, 4.69) is 10.3 Å². The van der Waals surface area contributed by atoms with Crippen LogP contribution in [0.25, 0.3) is 0 Å². The largest absolute Gasteiger partial charge is 0.491 e. The van der Waals surface area contributed by atoms with Gasteiger partial charge in [-0.3, -0.25) is 4.98 Å². The minimum absolute atomic E-state index is 0.0974. The lowest BCUT2D eigenvalue weighted by Gasteiger charge is -2.17. The Morgan fingerprint density at radius 2 is 1.95 bits per heavy atom. The summed E-state index contributed by atoms with van der Waals surface area (Å²) in [6.45, 7) is 4.78. The van der Waals surface area contributed by atoms with Crippen LogP contribution in [0.2, 0.25) is 0 Å². The summed E-state index contributed by atoms with van der Waals surface area (Å²) >= 11 is 0. The molecule has 0 aliphatic carbocycles. The van der Waals surface area contributed by atoms with Gasteiger partial charge in [0.15, 0.2) is 0 Å². The molecule has 1 aromatic carbocycles. The molecule has 0 bridgehead atoms. The number of aryl methyl sites for hydroxylation is 1. The topological polar surface area (TPSA) is 54.4 Å². The normalized spacial score (nSPS) is 13.7. The first-order valence-corrected chi connectivity index (χ1v) is 7.17. The van der Waals surface area contributed by atoms with Crippen molar-refractivity contribution in [1.82, 2.24) is 10.3 Å². The monoisotopic (exact) mass is 286 g/mol. The lowest BCUT2D eigenvalue weighted by molar-refractivity contribution is 0.104. The van der Waals surface area contributed by atoms with Crippen molar-refractivity contribution < 1.29 is 9.84 Å². The Labute approximate surface area is 125 Å². The standard InChI is InChI=1S/C17H22N2O2/c1-13-6-8-16(9-7-13)21-12-15(20)11-19-14(2)17-5-3-4-10-18-17/h3-10,14-15,19-20H,11-12H2,1-2H3. The summed E-state index contributed by atoms with van der Waals surface area (Å²) in [5, 5.41) is 13.2. The van der Waals surface area contributed by atoms with E-state index in [1.807, 2.05) is 56.3 Å². The van der Waals surface area contributed by atoms with Gasteiger partial charge in [0.25, 0.3) is 0 Å². The highest BCUT2D eigenvalue weighted by Crippen LogP contribution is 2.12. The van der Waals surface area contributed by atoms with Crippen LogP contribution in [0.1, 0.15) is 24.2 Å². The molecule has 2 unspecified atom stereocenters. The molecular weight excluding hydrogens is 264 g/mol. The van der Waals surface area contributed by atoms with E-state index in [4.69, 9.17) is 4.74 Å². The molecule has 2 aromatic rings. The van der Waals surface area contributed by atoms with E-state index in [-0.39, 0.29) is 12.6 Å². The zero-order chi connectivity index (χ0) is 15.1. The number of hydrogen-bond acceptors (Lipinski definition) is 4. The molecule has 0 spiro atoms. The molecule has 0 saturated carbocycles. The predicted molar refractivity (Wildman–Crippen MR) is 83.3 cm³/mol. The smallest absolute Gasteiger partial charge is 0.119 e.